The van der Waals surface area contributed by atoms with Gasteiger partial charge in [-0.25, -0.2) is 8.42 Å². The number of benzene rings is 1. The highest BCUT2D eigenvalue weighted by atomic mass is 32.2. The zero-order valence-electron chi connectivity index (χ0n) is 16.8. The summed E-state index contributed by atoms with van der Waals surface area (Å²) in [6.45, 7) is 3.50. The Hall–Kier alpha value is -3.28. The summed E-state index contributed by atoms with van der Waals surface area (Å²) in [4.78, 5) is 17.4. The largest absolute Gasteiger partial charge is 0.433 e. The van der Waals surface area contributed by atoms with Crippen LogP contribution in [0.2, 0.25) is 0 Å². The van der Waals surface area contributed by atoms with Crippen molar-refractivity contribution in [1.29, 1.82) is 0 Å². The van der Waals surface area contributed by atoms with Crippen molar-refractivity contribution in [1.82, 2.24) is 19.9 Å². The number of anilines is 3. The van der Waals surface area contributed by atoms with Crippen LogP contribution in [-0.4, -0.2) is 40.7 Å². The molecule has 0 radical (unpaired) electrons. The molecule has 0 atom stereocenters. The predicted octanol–water partition coefficient (Wildman–Crippen LogP) is 3.48. The lowest BCUT2D eigenvalue weighted by Crippen LogP contribution is -2.28. The van der Waals surface area contributed by atoms with Gasteiger partial charge in [-0.15, -0.1) is 0 Å². The second-order valence-corrected chi connectivity index (χ2v) is 8.99. The fraction of sp³-hybridized carbons (Fsp3) is 0.263. The van der Waals surface area contributed by atoms with Gasteiger partial charge in [0.05, 0.1) is 4.90 Å². The maximum Gasteiger partial charge on any atom is 0.433 e. The molecule has 0 aliphatic heterocycles. The summed E-state index contributed by atoms with van der Waals surface area (Å²) in [6.07, 6.45) is -2.50. The Morgan fingerprint density at radius 3 is 2.39 bits per heavy atom. The van der Waals surface area contributed by atoms with E-state index in [1.54, 1.807) is 19.9 Å². The average molecular weight is 452 g/mol. The molecule has 164 valence electrons. The molecule has 31 heavy (non-hydrogen) atoms. The molecule has 0 saturated heterocycles. The minimum absolute atomic E-state index is 0.0154. The molecule has 12 heteroatoms. The van der Waals surface area contributed by atoms with Crippen LogP contribution in [0.15, 0.2) is 47.5 Å². The SMILES string of the molecule is CC(C)N(c1ccnc(C(F)(F)F)c1)c1nc(N)nc(-c2cccc(S(C)(=O)=O)c2)n1. The highest BCUT2D eigenvalue weighted by Gasteiger charge is 2.33. The maximum atomic E-state index is 13.1. The van der Waals surface area contributed by atoms with E-state index in [1.807, 2.05) is 0 Å². The number of pyridine rings is 1. The van der Waals surface area contributed by atoms with Gasteiger partial charge in [0.2, 0.25) is 11.9 Å². The Kier molecular flexibility index (Phi) is 5.85. The number of alkyl halides is 3. The molecule has 0 fully saturated rings. The van der Waals surface area contributed by atoms with Crippen LogP contribution >= 0.6 is 0 Å². The van der Waals surface area contributed by atoms with Gasteiger partial charge in [0.15, 0.2) is 15.7 Å². The third kappa shape index (κ3) is 5.08. The lowest BCUT2D eigenvalue weighted by atomic mass is 10.2. The molecule has 3 aromatic rings. The van der Waals surface area contributed by atoms with E-state index in [4.69, 9.17) is 5.73 Å². The monoisotopic (exact) mass is 452 g/mol. The van der Waals surface area contributed by atoms with Gasteiger partial charge < -0.3 is 10.6 Å². The van der Waals surface area contributed by atoms with E-state index in [0.717, 1.165) is 18.5 Å². The van der Waals surface area contributed by atoms with Gasteiger partial charge in [0.1, 0.15) is 5.69 Å². The van der Waals surface area contributed by atoms with Crippen LogP contribution in [0.1, 0.15) is 19.5 Å². The van der Waals surface area contributed by atoms with Crippen LogP contribution < -0.4 is 10.6 Å². The summed E-state index contributed by atoms with van der Waals surface area (Å²) in [7, 11) is -3.47. The second-order valence-electron chi connectivity index (χ2n) is 6.98. The number of sulfone groups is 1. The standard InChI is InChI=1S/C19H19F3N6O2S/c1-11(2)28(13-7-8-24-15(10-13)19(20,21)22)18-26-16(25-17(23)27-18)12-5-4-6-14(9-12)31(3,29)30/h4-11H,1-3H3,(H2,23,25,26,27). The minimum Gasteiger partial charge on any atom is -0.368 e. The summed E-state index contributed by atoms with van der Waals surface area (Å²) in [5.41, 5.74) is 5.31. The molecule has 2 aromatic heterocycles. The summed E-state index contributed by atoms with van der Waals surface area (Å²) < 4.78 is 63.1. The van der Waals surface area contributed by atoms with Crippen molar-refractivity contribution in [3.8, 4) is 11.4 Å². The van der Waals surface area contributed by atoms with Gasteiger partial charge in [0, 0.05) is 29.7 Å². The van der Waals surface area contributed by atoms with Crippen molar-refractivity contribution in [2.45, 2.75) is 31.0 Å². The highest BCUT2D eigenvalue weighted by Crippen LogP contribution is 2.33. The first-order chi connectivity index (χ1) is 14.4. The number of rotatable bonds is 5. The summed E-state index contributed by atoms with van der Waals surface area (Å²) in [5, 5.41) is 0. The van der Waals surface area contributed by atoms with Crippen molar-refractivity contribution in [3.63, 3.8) is 0 Å². The van der Waals surface area contributed by atoms with Gasteiger partial charge in [-0.05, 0) is 38.1 Å². The number of hydrogen-bond donors (Lipinski definition) is 1. The van der Waals surface area contributed by atoms with Crippen molar-refractivity contribution in [3.05, 3.63) is 48.3 Å². The highest BCUT2D eigenvalue weighted by molar-refractivity contribution is 7.90. The summed E-state index contributed by atoms with van der Waals surface area (Å²) in [6, 6.07) is 7.90. The number of nitrogens with zero attached hydrogens (tertiary/aromatic N) is 5. The van der Waals surface area contributed by atoms with E-state index < -0.39 is 21.7 Å². The first-order valence-corrected chi connectivity index (χ1v) is 10.9. The maximum absolute atomic E-state index is 13.1. The number of aromatic nitrogens is 4. The lowest BCUT2D eigenvalue weighted by Gasteiger charge is -2.27. The molecule has 0 amide bonds. The van der Waals surface area contributed by atoms with Gasteiger partial charge in [-0.2, -0.15) is 28.1 Å². The third-order valence-electron chi connectivity index (χ3n) is 4.21. The quantitative estimate of drug-likeness (QED) is 0.626. The number of nitrogens with two attached hydrogens (primary N) is 1. The fourth-order valence-electron chi connectivity index (χ4n) is 2.85. The molecule has 3 rings (SSSR count). The number of halogens is 3. The topological polar surface area (TPSA) is 115 Å². The Labute approximate surface area is 176 Å². The van der Waals surface area contributed by atoms with Gasteiger partial charge in [-0.3, -0.25) is 4.98 Å². The zero-order chi connectivity index (χ0) is 23.0. The van der Waals surface area contributed by atoms with E-state index in [0.29, 0.717) is 5.56 Å². The van der Waals surface area contributed by atoms with Crippen LogP contribution in [-0.2, 0) is 16.0 Å². The third-order valence-corrected chi connectivity index (χ3v) is 5.32. The van der Waals surface area contributed by atoms with Crippen molar-refractivity contribution < 1.29 is 21.6 Å². The van der Waals surface area contributed by atoms with Crippen molar-refractivity contribution in [2.75, 3.05) is 16.9 Å². The predicted molar refractivity (Wildman–Crippen MR) is 109 cm³/mol. The van der Waals surface area contributed by atoms with E-state index in [1.165, 1.54) is 29.2 Å². The Morgan fingerprint density at radius 1 is 1.06 bits per heavy atom. The second kappa shape index (κ2) is 8.10. The number of nitrogen functional groups attached to an aromatic ring is 1. The first kappa shape index (κ1) is 22.4. The van der Waals surface area contributed by atoms with Crippen LogP contribution in [0.25, 0.3) is 11.4 Å². The van der Waals surface area contributed by atoms with Gasteiger partial charge in [-0.1, -0.05) is 12.1 Å². The summed E-state index contributed by atoms with van der Waals surface area (Å²) in [5.74, 6) is -0.0640. The first-order valence-electron chi connectivity index (χ1n) is 9.01. The normalized spacial score (nSPS) is 12.2. The summed E-state index contributed by atoms with van der Waals surface area (Å²) >= 11 is 0. The molecule has 2 N–H and O–H groups in total. The molecule has 0 saturated carbocycles. The number of hydrogen-bond acceptors (Lipinski definition) is 8. The molecule has 8 nitrogen and oxygen atoms in total. The molecule has 0 aliphatic rings. The zero-order valence-corrected chi connectivity index (χ0v) is 17.6. The Bertz CT molecular complexity index is 1220. The molecule has 0 unspecified atom stereocenters. The molecule has 0 spiro atoms. The van der Waals surface area contributed by atoms with Crippen LogP contribution in [0, 0.1) is 0 Å². The van der Waals surface area contributed by atoms with Crippen LogP contribution in [0.3, 0.4) is 0 Å². The fourth-order valence-corrected chi connectivity index (χ4v) is 3.52. The van der Waals surface area contributed by atoms with E-state index in [-0.39, 0.29) is 34.3 Å². The molecule has 2 heterocycles. The Morgan fingerprint density at radius 2 is 1.77 bits per heavy atom. The van der Waals surface area contributed by atoms with E-state index in [9.17, 15) is 21.6 Å². The van der Waals surface area contributed by atoms with E-state index in [2.05, 4.69) is 19.9 Å². The smallest absolute Gasteiger partial charge is 0.368 e. The Balaban J connectivity index is 2.13. The van der Waals surface area contributed by atoms with Crippen LogP contribution in [0.5, 0.6) is 0 Å². The van der Waals surface area contributed by atoms with Gasteiger partial charge in [0.25, 0.3) is 0 Å². The minimum atomic E-state index is -4.62. The van der Waals surface area contributed by atoms with Crippen molar-refractivity contribution in [2.24, 2.45) is 0 Å². The molecule has 0 bridgehead atoms. The molecular weight excluding hydrogens is 433 g/mol. The average Bonchev–Trinajstić information content (AvgIpc) is 2.66. The lowest BCUT2D eigenvalue weighted by molar-refractivity contribution is -0.141. The molecular formula is C19H19F3N6O2S. The molecule has 0 aliphatic carbocycles. The molecule has 1 aromatic carbocycles. The van der Waals surface area contributed by atoms with Crippen LogP contribution in [0.4, 0.5) is 30.8 Å². The van der Waals surface area contributed by atoms with Gasteiger partial charge >= 0.3 is 6.18 Å². The van der Waals surface area contributed by atoms with E-state index >= 15 is 0 Å². The van der Waals surface area contributed by atoms with Crippen molar-refractivity contribution >= 4 is 27.4 Å².